The Balaban J connectivity index is 3.14. The van der Waals surface area contributed by atoms with Crippen molar-refractivity contribution in [1.82, 2.24) is 4.89 Å². The number of nitrogens with zero attached hydrogens (tertiary/aromatic N) is 1. The molecule has 106 valence electrons. The van der Waals surface area contributed by atoms with Gasteiger partial charge in [-0.25, -0.2) is 8.42 Å². The summed E-state index contributed by atoms with van der Waals surface area (Å²) >= 11 is 0. The monoisotopic (exact) mass is 288 g/mol. The topological polar surface area (TPSA) is 98.5 Å². The van der Waals surface area contributed by atoms with Crippen molar-refractivity contribution in [3.05, 3.63) is 33.9 Å². The lowest BCUT2D eigenvalue weighted by atomic mass is 10.2. The summed E-state index contributed by atoms with van der Waals surface area (Å²) in [4.78, 5) is 16.8. The summed E-state index contributed by atoms with van der Waals surface area (Å²) in [7, 11) is -3.96. The molecule has 1 rings (SSSR count). The summed E-state index contributed by atoms with van der Waals surface area (Å²) in [5, 5.41) is 10.7. The van der Waals surface area contributed by atoms with Gasteiger partial charge in [0.15, 0.2) is 0 Å². The van der Waals surface area contributed by atoms with Gasteiger partial charge in [-0.2, -0.15) is 0 Å². The third-order valence-corrected chi connectivity index (χ3v) is 3.45. The highest BCUT2D eigenvalue weighted by Crippen LogP contribution is 2.22. The average Bonchev–Trinajstić information content (AvgIpc) is 2.25. The fraction of sp³-hybridized carbons (Fsp3) is 0.455. The van der Waals surface area contributed by atoms with E-state index in [0.29, 0.717) is 5.56 Å². The first-order valence-corrected chi connectivity index (χ1v) is 6.96. The number of rotatable bonds is 4. The van der Waals surface area contributed by atoms with Crippen LogP contribution in [-0.4, -0.2) is 18.9 Å². The second-order valence-electron chi connectivity index (χ2n) is 5.01. The van der Waals surface area contributed by atoms with Crippen molar-refractivity contribution in [2.45, 2.75) is 38.2 Å². The molecule has 1 aromatic rings. The van der Waals surface area contributed by atoms with Crippen LogP contribution in [-0.2, 0) is 14.9 Å². The lowest BCUT2D eigenvalue weighted by Crippen LogP contribution is -2.33. The van der Waals surface area contributed by atoms with E-state index in [0.717, 1.165) is 6.07 Å². The van der Waals surface area contributed by atoms with Crippen LogP contribution in [0.4, 0.5) is 5.69 Å². The SMILES string of the molecule is Cc1ccc([N+](=O)[O-])cc1S(=O)(=O)NOC(C)(C)C. The zero-order valence-corrected chi connectivity index (χ0v) is 11.9. The lowest BCUT2D eigenvalue weighted by Gasteiger charge is -2.19. The van der Waals surface area contributed by atoms with Gasteiger partial charge in [-0.3, -0.25) is 15.0 Å². The number of hydrogen-bond donors (Lipinski definition) is 1. The van der Waals surface area contributed by atoms with Crippen LogP contribution in [0, 0.1) is 17.0 Å². The van der Waals surface area contributed by atoms with Crippen molar-refractivity contribution in [2.24, 2.45) is 0 Å². The number of non-ortho nitro benzene ring substituents is 1. The molecular formula is C11H16N2O5S. The zero-order chi connectivity index (χ0) is 14.8. The summed E-state index contributed by atoms with van der Waals surface area (Å²) in [6.45, 7) is 6.58. The van der Waals surface area contributed by atoms with E-state index < -0.39 is 20.5 Å². The molecule has 0 fully saturated rings. The zero-order valence-electron chi connectivity index (χ0n) is 11.1. The highest BCUT2D eigenvalue weighted by Gasteiger charge is 2.23. The predicted octanol–water partition coefficient (Wildman–Crippen LogP) is 1.91. The lowest BCUT2D eigenvalue weighted by molar-refractivity contribution is -0.385. The summed E-state index contributed by atoms with van der Waals surface area (Å²) in [5.74, 6) is 0. The smallest absolute Gasteiger partial charge is 0.270 e. The number of nitro benzene ring substituents is 1. The molecule has 7 nitrogen and oxygen atoms in total. The van der Waals surface area contributed by atoms with Gasteiger partial charge < -0.3 is 0 Å². The molecule has 0 aliphatic carbocycles. The molecule has 1 aromatic carbocycles. The Labute approximate surface area is 111 Å². The second-order valence-corrected chi connectivity index (χ2v) is 6.62. The van der Waals surface area contributed by atoms with E-state index in [1.54, 1.807) is 27.7 Å². The number of nitrogens with one attached hydrogen (secondary N) is 1. The Hall–Kier alpha value is -1.51. The Bertz CT molecular complexity index is 590. The molecule has 8 heteroatoms. The molecule has 0 atom stereocenters. The molecule has 0 saturated carbocycles. The molecule has 0 amide bonds. The van der Waals surface area contributed by atoms with Crippen molar-refractivity contribution in [1.29, 1.82) is 0 Å². The van der Waals surface area contributed by atoms with E-state index in [4.69, 9.17) is 4.84 Å². The molecule has 0 unspecified atom stereocenters. The van der Waals surface area contributed by atoms with E-state index >= 15 is 0 Å². The number of nitro groups is 1. The summed E-state index contributed by atoms with van der Waals surface area (Å²) in [5.41, 5.74) is -0.598. The average molecular weight is 288 g/mol. The number of hydrogen-bond acceptors (Lipinski definition) is 5. The molecule has 0 spiro atoms. The minimum atomic E-state index is -3.96. The largest absolute Gasteiger partial charge is 0.281 e. The van der Waals surface area contributed by atoms with E-state index in [-0.39, 0.29) is 10.6 Å². The number of aryl methyl sites for hydroxylation is 1. The fourth-order valence-electron chi connectivity index (χ4n) is 1.22. The van der Waals surface area contributed by atoms with Crippen LogP contribution in [0.25, 0.3) is 0 Å². The van der Waals surface area contributed by atoms with Crippen molar-refractivity contribution >= 4 is 15.7 Å². The quantitative estimate of drug-likeness (QED) is 0.674. The second kappa shape index (κ2) is 5.24. The molecule has 1 N–H and O–H groups in total. The van der Waals surface area contributed by atoms with Crippen LogP contribution in [0.15, 0.2) is 23.1 Å². The highest BCUT2D eigenvalue weighted by molar-refractivity contribution is 7.89. The Kier molecular flexibility index (Phi) is 4.28. The minimum Gasteiger partial charge on any atom is -0.281 e. The molecule has 0 heterocycles. The Morgan fingerprint density at radius 3 is 2.37 bits per heavy atom. The Morgan fingerprint density at radius 1 is 1.32 bits per heavy atom. The van der Waals surface area contributed by atoms with Crippen molar-refractivity contribution < 1.29 is 18.2 Å². The molecule has 0 aliphatic heterocycles. The summed E-state index contributed by atoms with van der Waals surface area (Å²) in [6.07, 6.45) is 0. The maximum Gasteiger partial charge on any atom is 0.270 e. The van der Waals surface area contributed by atoms with Gasteiger partial charge in [0.1, 0.15) is 0 Å². The molecular weight excluding hydrogens is 272 g/mol. The third kappa shape index (κ3) is 4.27. The normalized spacial score (nSPS) is 12.4. The van der Waals surface area contributed by atoms with Crippen molar-refractivity contribution in [3.63, 3.8) is 0 Å². The first kappa shape index (κ1) is 15.5. The summed E-state index contributed by atoms with van der Waals surface area (Å²) < 4.78 is 24.0. The van der Waals surface area contributed by atoms with E-state index in [9.17, 15) is 18.5 Å². The van der Waals surface area contributed by atoms with Crippen LogP contribution >= 0.6 is 0 Å². The maximum absolute atomic E-state index is 12.0. The van der Waals surface area contributed by atoms with Gasteiger partial charge in [0.25, 0.3) is 15.7 Å². The Morgan fingerprint density at radius 2 is 1.89 bits per heavy atom. The molecule has 0 aromatic heterocycles. The van der Waals surface area contributed by atoms with Gasteiger partial charge >= 0.3 is 0 Å². The van der Waals surface area contributed by atoms with Crippen LogP contribution in [0.2, 0.25) is 0 Å². The van der Waals surface area contributed by atoms with Gasteiger partial charge in [0, 0.05) is 12.1 Å². The van der Waals surface area contributed by atoms with Crippen LogP contribution in [0.1, 0.15) is 26.3 Å². The van der Waals surface area contributed by atoms with Gasteiger partial charge in [-0.15, -0.1) is 0 Å². The first-order valence-electron chi connectivity index (χ1n) is 5.48. The maximum atomic E-state index is 12.0. The standard InChI is InChI=1S/C11H16N2O5S/c1-8-5-6-9(13(14)15)7-10(8)19(16,17)12-18-11(2,3)4/h5-7,12H,1-4H3. The molecule has 0 saturated heterocycles. The molecule has 0 radical (unpaired) electrons. The third-order valence-electron chi connectivity index (χ3n) is 2.13. The van der Waals surface area contributed by atoms with Crippen LogP contribution in [0.3, 0.4) is 0 Å². The van der Waals surface area contributed by atoms with Gasteiger partial charge in [-0.1, -0.05) is 11.0 Å². The molecule has 0 aliphatic rings. The van der Waals surface area contributed by atoms with E-state index in [1.165, 1.54) is 12.1 Å². The highest BCUT2D eigenvalue weighted by atomic mass is 32.2. The summed E-state index contributed by atoms with van der Waals surface area (Å²) in [6, 6.07) is 3.63. The van der Waals surface area contributed by atoms with E-state index in [1.807, 2.05) is 4.89 Å². The first-order chi connectivity index (χ1) is 8.53. The predicted molar refractivity (Wildman–Crippen MR) is 69.0 cm³/mol. The number of sulfonamides is 1. The van der Waals surface area contributed by atoms with Crippen LogP contribution < -0.4 is 4.89 Å². The van der Waals surface area contributed by atoms with Crippen molar-refractivity contribution in [3.8, 4) is 0 Å². The van der Waals surface area contributed by atoms with Crippen molar-refractivity contribution in [2.75, 3.05) is 0 Å². The minimum absolute atomic E-state index is 0.175. The fourth-order valence-corrected chi connectivity index (χ4v) is 2.43. The molecule has 0 bridgehead atoms. The van der Waals surface area contributed by atoms with E-state index in [2.05, 4.69) is 0 Å². The van der Waals surface area contributed by atoms with Gasteiger partial charge in [0.05, 0.1) is 15.4 Å². The van der Waals surface area contributed by atoms with Crippen LogP contribution in [0.5, 0.6) is 0 Å². The number of benzene rings is 1. The van der Waals surface area contributed by atoms with Gasteiger partial charge in [0.2, 0.25) is 0 Å². The van der Waals surface area contributed by atoms with Gasteiger partial charge in [-0.05, 0) is 33.3 Å². The molecule has 19 heavy (non-hydrogen) atoms.